The van der Waals surface area contributed by atoms with Crippen LogP contribution in [0, 0.1) is 11.8 Å². The van der Waals surface area contributed by atoms with Crippen molar-refractivity contribution in [2.75, 3.05) is 26.2 Å². The van der Waals surface area contributed by atoms with Gasteiger partial charge in [-0.15, -0.1) is 0 Å². The first-order valence-corrected chi connectivity index (χ1v) is 10.1. The summed E-state index contributed by atoms with van der Waals surface area (Å²) in [5.41, 5.74) is 1.86. The Bertz CT molecular complexity index is 700. The number of amides is 3. The second-order valence-electron chi connectivity index (χ2n) is 8.03. The standard InChI is InChI=1S/C19H29N5O3/c25-13-14-3-2-6-23(11-14)19(27)20-10-16-9-17-12-22(7-8-24(17)21-16)18(26)15-4-1-5-15/h9,14-15,25H,1-8,10-13H2,(H,20,27). The van der Waals surface area contributed by atoms with E-state index in [1.54, 1.807) is 4.90 Å². The number of hydrogen-bond donors (Lipinski definition) is 2. The summed E-state index contributed by atoms with van der Waals surface area (Å²) in [6.45, 7) is 3.91. The first-order chi connectivity index (χ1) is 13.1. The molecule has 8 heteroatoms. The highest BCUT2D eigenvalue weighted by atomic mass is 16.3. The monoisotopic (exact) mass is 375 g/mol. The number of hydrogen-bond acceptors (Lipinski definition) is 4. The van der Waals surface area contributed by atoms with E-state index in [2.05, 4.69) is 10.4 Å². The summed E-state index contributed by atoms with van der Waals surface area (Å²) < 4.78 is 1.95. The van der Waals surface area contributed by atoms with Gasteiger partial charge in [-0.1, -0.05) is 6.42 Å². The molecule has 8 nitrogen and oxygen atoms in total. The molecular weight excluding hydrogens is 346 g/mol. The maximum absolute atomic E-state index is 12.5. The number of aliphatic hydroxyl groups excluding tert-OH is 1. The Morgan fingerprint density at radius 3 is 2.74 bits per heavy atom. The van der Waals surface area contributed by atoms with Gasteiger partial charge in [0.05, 0.1) is 31.0 Å². The maximum atomic E-state index is 12.5. The third kappa shape index (κ3) is 3.95. The van der Waals surface area contributed by atoms with Crippen molar-refractivity contribution in [1.29, 1.82) is 0 Å². The quantitative estimate of drug-likeness (QED) is 0.819. The van der Waals surface area contributed by atoms with Crippen LogP contribution in [0.15, 0.2) is 6.07 Å². The molecule has 1 aliphatic carbocycles. The lowest BCUT2D eigenvalue weighted by Gasteiger charge is -2.34. The number of carbonyl (C=O) groups is 2. The number of urea groups is 1. The zero-order chi connectivity index (χ0) is 18.8. The SMILES string of the molecule is O=C(NCc1cc2n(n1)CCN(C(=O)C1CCC1)C2)N1CCCC(CO)C1. The average Bonchev–Trinajstić information content (AvgIpc) is 3.06. The van der Waals surface area contributed by atoms with Crippen LogP contribution in [-0.4, -0.2) is 62.9 Å². The number of aromatic nitrogens is 2. The molecule has 3 heterocycles. The Morgan fingerprint density at radius 2 is 2.00 bits per heavy atom. The van der Waals surface area contributed by atoms with Crippen LogP contribution in [0.2, 0.25) is 0 Å². The van der Waals surface area contributed by atoms with Crippen LogP contribution in [0.25, 0.3) is 0 Å². The topological polar surface area (TPSA) is 90.7 Å². The largest absolute Gasteiger partial charge is 0.396 e. The van der Waals surface area contributed by atoms with Crippen LogP contribution < -0.4 is 5.32 Å². The maximum Gasteiger partial charge on any atom is 0.317 e. The van der Waals surface area contributed by atoms with E-state index in [1.807, 2.05) is 15.6 Å². The third-order valence-corrected chi connectivity index (χ3v) is 6.10. The molecule has 0 spiro atoms. The van der Waals surface area contributed by atoms with Gasteiger partial charge >= 0.3 is 6.03 Å². The molecule has 2 fully saturated rings. The molecule has 0 bridgehead atoms. The second kappa shape index (κ2) is 7.88. The predicted octanol–water partition coefficient (Wildman–Crippen LogP) is 0.939. The smallest absolute Gasteiger partial charge is 0.317 e. The number of likely N-dealkylation sites (tertiary alicyclic amines) is 1. The number of aliphatic hydroxyl groups is 1. The van der Waals surface area contributed by atoms with Crippen LogP contribution >= 0.6 is 0 Å². The molecule has 1 saturated carbocycles. The molecule has 148 valence electrons. The average molecular weight is 375 g/mol. The minimum atomic E-state index is -0.0964. The van der Waals surface area contributed by atoms with Gasteiger partial charge in [0.1, 0.15) is 0 Å². The zero-order valence-electron chi connectivity index (χ0n) is 15.8. The molecule has 3 aliphatic rings. The molecule has 2 aliphatic heterocycles. The molecule has 1 unspecified atom stereocenters. The molecule has 2 N–H and O–H groups in total. The fraction of sp³-hybridized carbons (Fsp3) is 0.737. The predicted molar refractivity (Wildman–Crippen MR) is 98.6 cm³/mol. The van der Waals surface area contributed by atoms with Crippen molar-refractivity contribution in [3.63, 3.8) is 0 Å². The third-order valence-electron chi connectivity index (χ3n) is 6.10. The number of nitrogens with one attached hydrogen (secondary N) is 1. The highest BCUT2D eigenvalue weighted by Gasteiger charge is 2.31. The Kier molecular flexibility index (Phi) is 5.33. The minimum Gasteiger partial charge on any atom is -0.396 e. The fourth-order valence-corrected chi connectivity index (χ4v) is 4.19. The summed E-state index contributed by atoms with van der Waals surface area (Å²) in [6, 6.07) is 1.90. The molecule has 1 saturated heterocycles. The molecule has 1 atom stereocenters. The highest BCUT2D eigenvalue weighted by Crippen LogP contribution is 2.29. The summed E-state index contributed by atoms with van der Waals surface area (Å²) in [5, 5.41) is 16.8. The van der Waals surface area contributed by atoms with E-state index in [-0.39, 0.29) is 30.4 Å². The van der Waals surface area contributed by atoms with Gasteiger partial charge in [-0.25, -0.2) is 4.79 Å². The van der Waals surface area contributed by atoms with Gasteiger partial charge in [-0.3, -0.25) is 9.48 Å². The Labute approximate surface area is 159 Å². The van der Waals surface area contributed by atoms with Crippen molar-refractivity contribution in [3.8, 4) is 0 Å². The Balaban J connectivity index is 1.30. The molecule has 27 heavy (non-hydrogen) atoms. The zero-order valence-corrected chi connectivity index (χ0v) is 15.8. The van der Waals surface area contributed by atoms with Gasteiger partial charge in [0.15, 0.2) is 0 Å². The van der Waals surface area contributed by atoms with E-state index in [0.717, 1.165) is 43.6 Å². The van der Waals surface area contributed by atoms with Gasteiger partial charge in [0.25, 0.3) is 0 Å². The minimum absolute atomic E-state index is 0.0964. The Morgan fingerprint density at radius 1 is 1.15 bits per heavy atom. The van der Waals surface area contributed by atoms with Crippen LogP contribution in [-0.2, 0) is 24.4 Å². The molecule has 1 aromatic heterocycles. The molecule has 0 radical (unpaired) electrons. The first kappa shape index (κ1) is 18.3. The van der Waals surface area contributed by atoms with E-state index in [0.29, 0.717) is 32.7 Å². The molecule has 1 aromatic rings. The van der Waals surface area contributed by atoms with Crippen molar-refractivity contribution < 1.29 is 14.7 Å². The molecular formula is C19H29N5O3. The van der Waals surface area contributed by atoms with Crippen molar-refractivity contribution in [2.45, 2.75) is 51.7 Å². The van der Waals surface area contributed by atoms with Gasteiger partial charge in [-0.05, 0) is 37.7 Å². The number of fused-ring (bicyclic) bond motifs is 1. The second-order valence-corrected chi connectivity index (χ2v) is 8.03. The van der Waals surface area contributed by atoms with Crippen molar-refractivity contribution in [2.24, 2.45) is 11.8 Å². The van der Waals surface area contributed by atoms with Crippen molar-refractivity contribution in [3.05, 3.63) is 17.5 Å². The fourth-order valence-electron chi connectivity index (χ4n) is 4.19. The van der Waals surface area contributed by atoms with Crippen LogP contribution in [0.1, 0.15) is 43.5 Å². The van der Waals surface area contributed by atoms with Crippen LogP contribution in [0.5, 0.6) is 0 Å². The normalized spacial score (nSPS) is 22.9. The number of carbonyl (C=O) groups excluding carboxylic acids is 2. The number of rotatable bonds is 4. The molecule has 0 aromatic carbocycles. The van der Waals surface area contributed by atoms with E-state index >= 15 is 0 Å². The first-order valence-electron chi connectivity index (χ1n) is 10.1. The molecule has 3 amide bonds. The van der Waals surface area contributed by atoms with Crippen LogP contribution in [0.4, 0.5) is 4.79 Å². The summed E-state index contributed by atoms with van der Waals surface area (Å²) in [6.07, 6.45) is 5.13. The summed E-state index contributed by atoms with van der Waals surface area (Å²) in [7, 11) is 0. The van der Waals surface area contributed by atoms with Crippen molar-refractivity contribution in [1.82, 2.24) is 24.9 Å². The van der Waals surface area contributed by atoms with E-state index in [4.69, 9.17) is 0 Å². The number of nitrogens with zero attached hydrogens (tertiary/aromatic N) is 4. The summed E-state index contributed by atoms with van der Waals surface area (Å²) >= 11 is 0. The number of piperidine rings is 1. The van der Waals surface area contributed by atoms with Gasteiger partial charge in [0, 0.05) is 32.2 Å². The van der Waals surface area contributed by atoms with Crippen molar-refractivity contribution >= 4 is 11.9 Å². The van der Waals surface area contributed by atoms with Gasteiger partial charge in [-0.2, -0.15) is 5.10 Å². The van der Waals surface area contributed by atoms with Gasteiger partial charge < -0.3 is 20.2 Å². The molecule has 4 rings (SSSR count). The highest BCUT2D eigenvalue weighted by molar-refractivity contribution is 5.79. The lowest BCUT2D eigenvalue weighted by atomic mass is 9.84. The van der Waals surface area contributed by atoms with E-state index in [1.165, 1.54) is 6.42 Å². The Hall–Kier alpha value is -2.09. The van der Waals surface area contributed by atoms with Gasteiger partial charge in [0.2, 0.25) is 5.91 Å². The lowest BCUT2D eigenvalue weighted by Crippen LogP contribution is -2.46. The van der Waals surface area contributed by atoms with Crippen LogP contribution in [0.3, 0.4) is 0 Å². The summed E-state index contributed by atoms with van der Waals surface area (Å²) in [5.74, 6) is 0.696. The van der Waals surface area contributed by atoms with E-state index < -0.39 is 0 Å². The summed E-state index contributed by atoms with van der Waals surface area (Å²) in [4.78, 5) is 28.6. The van der Waals surface area contributed by atoms with E-state index in [9.17, 15) is 14.7 Å². The lowest BCUT2D eigenvalue weighted by molar-refractivity contribution is -0.139.